The predicted molar refractivity (Wildman–Crippen MR) is 59.1 cm³/mol. The maximum Gasteiger partial charge on any atom is 0.241 e. The van der Waals surface area contributed by atoms with Crippen LogP contribution in [-0.2, 0) is 10.0 Å². The van der Waals surface area contributed by atoms with Crippen molar-refractivity contribution in [2.75, 3.05) is 0 Å². The van der Waals surface area contributed by atoms with Gasteiger partial charge in [-0.15, -0.1) is 0 Å². The third kappa shape index (κ3) is 2.23. The quantitative estimate of drug-likeness (QED) is 0.862. The van der Waals surface area contributed by atoms with Crippen molar-refractivity contribution in [3.05, 3.63) is 29.8 Å². The summed E-state index contributed by atoms with van der Waals surface area (Å²) in [5, 5.41) is 8.71. The molecular weight excluding hydrogens is 224 g/mol. The summed E-state index contributed by atoms with van der Waals surface area (Å²) >= 11 is 0. The monoisotopic (exact) mass is 236 g/mol. The Bertz CT molecular complexity index is 554. The molecule has 1 aliphatic rings. The molecule has 1 saturated carbocycles. The lowest BCUT2D eigenvalue weighted by Gasteiger charge is -2.11. The van der Waals surface area contributed by atoms with Crippen LogP contribution in [0.1, 0.15) is 25.3 Å². The van der Waals surface area contributed by atoms with Gasteiger partial charge in [0.2, 0.25) is 10.0 Å². The molecule has 1 N–H and O–H groups in total. The molecule has 0 atom stereocenters. The number of hydrogen-bond acceptors (Lipinski definition) is 3. The van der Waals surface area contributed by atoms with Crippen LogP contribution in [0.2, 0.25) is 0 Å². The van der Waals surface area contributed by atoms with Gasteiger partial charge in [0.1, 0.15) is 0 Å². The summed E-state index contributed by atoms with van der Waals surface area (Å²) in [5.41, 5.74) is 0.0606. The van der Waals surface area contributed by atoms with Crippen LogP contribution < -0.4 is 4.72 Å². The molecule has 5 heteroatoms. The molecule has 0 unspecified atom stereocenters. The number of benzene rings is 1. The Hall–Kier alpha value is -1.38. The van der Waals surface area contributed by atoms with E-state index in [9.17, 15) is 8.42 Å². The van der Waals surface area contributed by atoms with Gasteiger partial charge in [0.15, 0.2) is 0 Å². The second-order valence-electron chi connectivity index (χ2n) is 4.31. The second-order valence-corrected chi connectivity index (χ2v) is 5.99. The fourth-order valence-corrected chi connectivity index (χ4v) is 2.92. The van der Waals surface area contributed by atoms with Crippen LogP contribution in [0.15, 0.2) is 29.2 Å². The van der Waals surface area contributed by atoms with Gasteiger partial charge < -0.3 is 0 Å². The minimum absolute atomic E-state index is 0.152. The fourth-order valence-electron chi connectivity index (χ4n) is 1.41. The van der Waals surface area contributed by atoms with E-state index < -0.39 is 10.0 Å². The van der Waals surface area contributed by atoms with Gasteiger partial charge in [-0.3, -0.25) is 0 Å². The van der Waals surface area contributed by atoms with E-state index in [1.807, 2.05) is 13.0 Å². The van der Waals surface area contributed by atoms with Gasteiger partial charge in [0.25, 0.3) is 0 Å². The van der Waals surface area contributed by atoms with Gasteiger partial charge in [-0.25, -0.2) is 13.1 Å². The summed E-state index contributed by atoms with van der Waals surface area (Å²) in [5.74, 6) is 0. The highest BCUT2D eigenvalue weighted by Crippen LogP contribution is 2.35. The van der Waals surface area contributed by atoms with Crippen molar-refractivity contribution in [1.29, 1.82) is 5.26 Å². The zero-order valence-corrected chi connectivity index (χ0v) is 9.71. The second kappa shape index (κ2) is 3.58. The summed E-state index contributed by atoms with van der Waals surface area (Å²) in [4.78, 5) is 0.152. The molecule has 1 aliphatic carbocycles. The van der Waals surface area contributed by atoms with E-state index in [0.29, 0.717) is 5.56 Å². The maximum atomic E-state index is 11.9. The van der Waals surface area contributed by atoms with Gasteiger partial charge in [-0.1, -0.05) is 6.07 Å². The number of rotatable bonds is 3. The molecule has 0 aromatic heterocycles. The molecule has 4 nitrogen and oxygen atoms in total. The van der Waals surface area contributed by atoms with E-state index in [4.69, 9.17) is 5.26 Å². The lowest BCUT2D eigenvalue weighted by Crippen LogP contribution is -2.34. The summed E-state index contributed by atoms with van der Waals surface area (Å²) in [7, 11) is -3.49. The van der Waals surface area contributed by atoms with Crippen LogP contribution in [0.5, 0.6) is 0 Å². The van der Waals surface area contributed by atoms with Crippen molar-refractivity contribution in [1.82, 2.24) is 4.72 Å². The molecular formula is C11H12N2O2S. The highest BCUT2D eigenvalue weighted by molar-refractivity contribution is 7.89. The molecule has 1 aromatic rings. The van der Waals surface area contributed by atoms with E-state index >= 15 is 0 Å². The molecule has 1 fully saturated rings. The van der Waals surface area contributed by atoms with E-state index in [2.05, 4.69) is 4.72 Å². The largest absolute Gasteiger partial charge is 0.241 e. The lowest BCUT2D eigenvalue weighted by molar-refractivity contribution is 0.558. The summed E-state index contributed by atoms with van der Waals surface area (Å²) in [6.07, 6.45) is 1.73. The van der Waals surface area contributed by atoms with Crippen LogP contribution in [0.25, 0.3) is 0 Å². The molecule has 0 aliphatic heterocycles. The van der Waals surface area contributed by atoms with Crippen molar-refractivity contribution in [3.8, 4) is 6.07 Å². The third-order valence-electron chi connectivity index (χ3n) is 2.65. The van der Waals surface area contributed by atoms with Gasteiger partial charge in [0.05, 0.1) is 16.5 Å². The molecule has 0 bridgehead atoms. The molecule has 0 saturated heterocycles. The predicted octanol–water partition coefficient (Wildman–Crippen LogP) is 1.39. The Kier molecular flexibility index (Phi) is 2.49. The SMILES string of the molecule is CC1(NS(=O)(=O)c2cccc(C#N)c2)CC1. The molecule has 0 amide bonds. The molecule has 84 valence electrons. The molecule has 1 aromatic carbocycles. The highest BCUT2D eigenvalue weighted by atomic mass is 32.2. The number of hydrogen-bond donors (Lipinski definition) is 1. The minimum atomic E-state index is -3.49. The van der Waals surface area contributed by atoms with E-state index in [1.54, 1.807) is 12.1 Å². The first-order valence-electron chi connectivity index (χ1n) is 4.99. The third-order valence-corrected chi connectivity index (χ3v) is 4.29. The Morgan fingerprint density at radius 2 is 2.12 bits per heavy atom. The number of nitriles is 1. The fraction of sp³-hybridized carbons (Fsp3) is 0.364. The van der Waals surface area contributed by atoms with Crippen molar-refractivity contribution < 1.29 is 8.42 Å². The van der Waals surface area contributed by atoms with Crippen molar-refractivity contribution in [3.63, 3.8) is 0 Å². The van der Waals surface area contributed by atoms with E-state index in [0.717, 1.165) is 12.8 Å². The Morgan fingerprint density at radius 1 is 1.44 bits per heavy atom. The van der Waals surface area contributed by atoms with Crippen molar-refractivity contribution in [2.24, 2.45) is 0 Å². The first kappa shape index (κ1) is 11.1. The Labute approximate surface area is 95.0 Å². The van der Waals surface area contributed by atoms with Crippen LogP contribution in [-0.4, -0.2) is 14.0 Å². The molecule has 0 spiro atoms. The number of nitrogens with zero attached hydrogens (tertiary/aromatic N) is 1. The van der Waals surface area contributed by atoms with Gasteiger partial charge in [-0.05, 0) is 38.0 Å². The van der Waals surface area contributed by atoms with E-state index in [-0.39, 0.29) is 10.4 Å². The van der Waals surface area contributed by atoms with Crippen LogP contribution in [0.4, 0.5) is 0 Å². The molecule has 16 heavy (non-hydrogen) atoms. The molecule has 0 radical (unpaired) electrons. The number of nitrogens with one attached hydrogen (secondary N) is 1. The van der Waals surface area contributed by atoms with Gasteiger partial charge >= 0.3 is 0 Å². The summed E-state index contributed by atoms with van der Waals surface area (Å²) in [6.45, 7) is 1.87. The number of sulfonamides is 1. The lowest BCUT2D eigenvalue weighted by atomic mass is 10.2. The van der Waals surface area contributed by atoms with Crippen LogP contribution in [0.3, 0.4) is 0 Å². The summed E-state index contributed by atoms with van der Waals surface area (Å²) in [6, 6.07) is 7.96. The first-order valence-corrected chi connectivity index (χ1v) is 6.48. The maximum absolute atomic E-state index is 11.9. The first-order chi connectivity index (χ1) is 7.45. The van der Waals surface area contributed by atoms with Crippen LogP contribution >= 0.6 is 0 Å². The smallest absolute Gasteiger partial charge is 0.207 e. The average molecular weight is 236 g/mol. The molecule has 2 rings (SSSR count). The topological polar surface area (TPSA) is 70.0 Å². The zero-order chi connectivity index (χ0) is 11.8. The van der Waals surface area contributed by atoms with Gasteiger partial charge in [-0.2, -0.15) is 5.26 Å². The van der Waals surface area contributed by atoms with Gasteiger partial charge in [0, 0.05) is 5.54 Å². The molecule has 0 heterocycles. The average Bonchev–Trinajstić information content (AvgIpc) is 2.95. The highest BCUT2D eigenvalue weighted by Gasteiger charge is 2.41. The normalized spacial score (nSPS) is 17.8. The van der Waals surface area contributed by atoms with Crippen molar-refractivity contribution in [2.45, 2.75) is 30.2 Å². The standard InChI is InChI=1S/C11H12N2O2S/c1-11(5-6-11)13-16(14,15)10-4-2-3-9(7-10)8-12/h2-4,7,13H,5-6H2,1H3. The Morgan fingerprint density at radius 3 is 2.69 bits per heavy atom. The van der Waals surface area contributed by atoms with Crippen molar-refractivity contribution >= 4 is 10.0 Å². The van der Waals surface area contributed by atoms with E-state index in [1.165, 1.54) is 12.1 Å². The minimum Gasteiger partial charge on any atom is -0.207 e. The summed E-state index contributed by atoms with van der Waals surface area (Å²) < 4.78 is 26.5. The zero-order valence-electron chi connectivity index (χ0n) is 8.90. The van der Waals surface area contributed by atoms with Crippen LogP contribution in [0, 0.1) is 11.3 Å². The Balaban J connectivity index is 2.32.